The number of nitrogens with one attached hydrogen (secondary N) is 1. The largest absolute Gasteiger partial charge is 0.497 e. The lowest BCUT2D eigenvalue weighted by atomic mass is 9.94. The lowest BCUT2D eigenvalue weighted by molar-refractivity contribution is -0.146. The molecule has 0 aliphatic carbocycles. The molecule has 0 saturated carbocycles. The highest BCUT2D eigenvalue weighted by Crippen LogP contribution is 2.30. The molecule has 100 valence electrons. The van der Waals surface area contributed by atoms with E-state index in [4.69, 9.17) is 14.6 Å². The summed E-state index contributed by atoms with van der Waals surface area (Å²) in [4.78, 5) is 11.0. The van der Waals surface area contributed by atoms with E-state index in [1.54, 1.807) is 46.3 Å². The minimum atomic E-state index is -0.853. The van der Waals surface area contributed by atoms with Gasteiger partial charge in [-0.2, -0.15) is 0 Å². The fourth-order valence-electron chi connectivity index (χ4n) is 1.34. The third-order valence-electron chi connectivity index (χ3n) is 2.71. The van der Waals surface area contributed by atoms with Crippen LogP contribution in [-0.4, -0.2) is 31.8 Å². The van der Waals surface area contributed by atoms with Crippen molar-refractivity contribution in [1.29, 1.82) is 0 Å². The molecule has 5 nitrogen and oxygen atoms in total. The Balaban J connectivity index is 2.86. The van der Waals surface area contributed by atoms with Crippen molar-refractivity contribution in [2.24, 2.45) is 5.41 Å². The Labute approximate surface area is 107 Å². The summed E-state index contributed by atoms with van der Waals surface area (Å²) in [5, 5.41) is 12.1. The molecular formula is C13H19NO4. The first-order valence-corrected chi connectivity index (χ1v) is 5.60. The molecule has 0 aliphatic heterocycles. The van der Waals surface area contributed by atoms with Crippen LogP contribution in [0.1, 0.15) is 13.8 Å². The van der Waals surface area contributed by atoms with Gasteiger partial charge in [0.25, 0.3) is 0 Å². The van der Waals surface area contributed by atoms with E-state index in [9.17, 15) is 4.79 Å². The molecule has 0 bridgehead atoms. The number of aliphatic carboxylic acids is 1. The van der Waals surface area contributed by atoms with Gasteiger partial charge in [-0.1, -0.05) is 0 Å². The quantitative estimate of drug-likeness (QED) is 0.813. The van der Waals surface area contributed by atoms with Crippen molar-refractivity contribution in [1.82, 2.24) is 0 Å². The number of hydrogen-bond donors (Lipinski definition) is 2. The smallest absolute Gasteiger partial charge is 0.310 e. The minimum Gasteiger partial charge on any atom is -0.497 e. The van der Waals surface area contributed by atoms with Gasteiger partial charge < -0.3 is 19.9 Å². The SMILES string of the molecule is COc1ccc(OC)c(NCC(C)(C)C(=O)O)c1. The summed E-state index contributed by atoms with van der Waals surface area (Å²) in [5.74, 6) is 0.486. The maximum atomic E-state index is 11.0. The molecule has 0 aliphatic rings. The van der Waals surface area contributed by atoms with E-state index in [2.05, 4.69) is 5.32 Å². The monoisotopic (exact) mass is 253 g/mol. The van der Waals surface area contributed by atoms with Crippen molar-refractivity contribution in [3.05, 3.63) is 18.2 Å². The molecule has 0 radical (unpaired) electrons. The van der Waals surface area contributed by atoms with Crippen molar-refractivity contribution in [2.75, 3.05) is 26.1 Å². The molecule has 0 spiro atoms. The molecule has 1 aromatic rings. The van der Waals surface area contributed by atoms with Gasteiger partial charge in [0.2, 0.25) is 0 Å². The highest BCUT2D eigenvalue weighted by Gasteiger charge is 2.27. The van der Waals surface area contributed by atoms with Crippen LogP contribution in [0.25, 0.3) is 0 Å². The van der Waals surface area contributed by atoms with Crippen LogP contribution >= 0.6 is 0 Å². The van der Waals surface area contributed by atoms with Crippen LogP contribution < -0.4 is 14.8 Å². The highest BCUT2D eigenvalue weighted by molar-refractivity contribution is 5.74. The van der Waals surface area contributed by atoms with Crippen molar-refractivity contribution in [3.8, 4) is 11.5 Å². The number of carboxylic acid groups (broad SMARTS) is 1. The van der Waals surface area contributed by atoms with Gasteiger partial charge in [0.15, 0.2) is 0 Å². The molecule has 0 fully saturated rings. The summed E-state index contributed by atoms with van der Waals surface area (Å²) in [6.07, 6.45) is 0. The predicted molar refractivity (Wildman–Crippen MR) is 69.5 cm³/mol. The maximum Gasteiger partial charge on any atom is 0.310 e. The summed E-state index contributed by atoms with van der Waals surface area (Å²) in [5.41, 5.74) is -0.139. The topological polar surface area (TPSA) is 67.8 Å². The van der Waals surface area contributed by atoms with E-state index in [-0.39, 0.29) is 0 Å². The zero-order valence-electron chi connectivity index (χ0n) is 11.1. The number of rotatable bonds is 6. The minimum absolute atomic E-state index is 0.297. The average molecular weight is 253 g/mol. The second-order valence-corrected chi connectivity index (χ2v) is 4.61. The van der Waals surface area contributed by atoms with Gasteiger partial charge in [-0.15, -0.1) is 0 Å². The summed E-state index contributed by atoms with van der Waals surface area (Å²) >= 11 is 0. The van der Waals surface area contributed by atoms with Crippen LogP contribution in [0.15, 0.2) is 18.2 Å². The van der Waals surface area contributed by atoms with Crippen LogP contribution in [0.4, 0.5) is 5.69 Å². The van der Waals surface area contributed by atoms with Gasteiger partial charge in [0, 0.05) is 12.6 Å². The lowest BCUT2D eigenvalue weighted by Gasteiger charge is -2.21. The summed E-state index contributed by atoms with van der Waals surface area (Å²) in [6, 6.07) is 5.33. The number of hydrogen-bond acceptors (Lipinski definition) is 4. The first-order chi connectivity index (χ1) is 8.40. The van der Waals surface area contributed by atoms with Crippen LogP contribution in [-0.2, 0) is 4.79 Å². The molecule has 5 heteroatoms. The molecule has 0 heterocycles. The lowest BCUT2D eigenvalue weighted by Crippen LogP contribution is -2.31. The number of benzene rings is 1. The van der Waals surface area contributed by atoms with E-state index in [1.807, 2.05) is 0 Å². The van der Waals surface area contributed by atoms with Crippen molar-refractivity contribution in [3.63, 3.8) is 0 Å². The Bertz CT molecular complexity index is 429. The number of carboxylic acids is 1. The Morgan fingerprint density at radius 1 is 1.33 bits per heavy atom. The molecule has 0 atom stereocenters. The Hall–Kier alpha value is -1.91. The summed E-state index contributed by atoms with van der Waals surface area (Å²) in [6.45, 7) is 3.62. The van der Waals surface area contributed by atoms with Gasteiger partial charge in [-0.3, -0.25) is 4.79 Å². The van der Waals surface area contributed by atoms with Gasteiger partial charge in [-0.05, 0) is 26.0 Å². The second kappa shape index (κ2) is 5.62. The van der Waals surface area contributed by atoms with Gasteiger partial charge in [0.1, 0.15) is 11.5 Å². The molecule has 2 N–H and O–H groups in total. The Kier molecular flexibility index (Phi) is 4.42. The molecule has 1 rings (SSSR count). The Morgan fingerprint density at radius 2 is 2.00 bits per heavy atom. The Morgan fingerprint density at radius 3 is 2.50 bits per heavy atom. The van der Waals surface area contributed by atoms with E-state index < -0.39 is 11.4 Å². The number of ether oxygens (including phenoxy) is 2. The van der Waals surface area contributed by atoms with E-state index in [0.29, 0.717) is 23.7 Å². The second-order valence-electron chi connectivity index (χ2n) is 4.61. The number of carbonyl (C=O) groups is 1. The summed E-state index contributed by atoms with van der Waals surface area (Å²) < 4.78 is 10.3. The fraction of sp³-hybridized carbons (Fsp3) is 0.462. The molecule has 1 aromatic carbocycles. The van der Waals surface area contributed by atoms with Crippen LogP contribution in [0.5, 0.6) is 11.5 Å². The first-order valence-electron chi connectivity index (χ1n) is 5.60. The standard InChI is InChI=1S/C13H19NO4/c1-13(2,12(15)16)8-14-10-7-9(17-3)5-6-11(10)18-4/h5-7,14H,8H2,1-4H3,(H,15,16). The fourth-order valence-corrected chi connectivity index (χ4v) is 1.34. The van der Waals surface area contributed by atoms with Crippen LogP contribution in [0, 0.1) is 5.41 Å². The van der Waals surface area contributed by atoms with Crippen LogP contribution in [0.3, 0.4) is 0 Å². The molecular weight excluding hydrogens is 234 g/mol. The molecule has 0 unspecified atom stereocenters. The van der Waals surface area contributed by atoms with E-state index in [1.165, 1.54) is 0 Å². The molecule has 0 amide bonds. The van der Waals surface area contributed by atoms with Gasteiger partial charge >= 0.3 is 5.97 Å². The van der Waals surface area contributed by atoms with Crippen molar-refractivity contribution >= 4 is 11.7 Å². The maximum absolute atomic E-state index is 11.0. The zero-order valence-corrected chi connectivity index (χ0v) is 11.1. The number of methoxy groups -OCH3 is 2. The average Bonchev–Trinajstić information content (AvgIpc) is 2.35. The van der Waals surface area contributed by atoms with E-state index >= 15 is 0 Å². The predicted octanol–water partition coefficient (Wildman–Crippen LogP) is 2.23. The summed E-state index contributed by atoms with van der Waals surface area (Å²) in [7, 11) is 3.14. The van der Waals surface area contributed by atoms with Gasteiger partial charge in [0.05, 0.1) is 25.3 Å². The molecule has 0 saturated heterocycles. The van der Waals surface area contributed by atoms with Crippen molar-refractivity contribution < 1.29 is 19.4 Å². The van der Waals surface area contributed by atoms with Crippen LogP contribution in [0.2, 0.25) is 0 Å². The normalized spacial score (nSPS) is 10.9. The zero-order chi connectivity index (χ0) is 13.8. The molecule has 0 aromatic heterocycles. The first kappa shape index (κ1) is 14.2. The van der Waals surface area contributed by atoms with Gasteiger partial charge in [-0.25, -0.2) is 0 Å². The van der Waals surface area contributed by atoms with E-state index in [0.717, 1.165) is 0 Å². The third-order valence-corrected chi connectivity index (χ3v) is 2.71. The highest BCUT2D eigenvalue weighted by atomic mass is 16.5. The van der Waals surface area contributed by atoms with Crippen molar-refractivity contribution in [2.45, 2.75) is 13.8 Å². The number of anilines is 1. The molecule has 18 heavy (non-hydrogen) atoms. The third kappa shape index (κ3) is 3.29.